The fourth-order valence-electron chi connectivity index (χ4n) is 0.629. The van der Waals surface area contributed by atoms with E-state index in [1.807, 2.05) is 0 Å². The highest BCUT2D eigenvalue weighted by Gasteiger charge is 2.13. The smallest absolute Gasteiger partial charge is 0.319 e. The van der Waals surface area contributed by atoms with Crippen molar-refractivity contribution in [2.75, 3.05) is 7.11 Å². The molecule has 0 aliphatic rings. The minimum Gasteiger partial charge on any atom is -0.468 e. The van der Waals surface area contributed by atoms with E-state index in [1.165, 1.54) is 7.11 Å². The third-order valence-electron chi connectivity index (χ3n) is 1.27. The zero-order valence-electron chi connectivity index (χ0n) is 6.39. The molecule has 0 rings (SSSR count). The standard InChI is InChI=1S/C7H13BrO2/c1-3-4-5-6(8)7(9)10-2/h6H,3-5H2,1-2H3/t6-/m1/s1. The Bertz CT molecular complexity index is 104. The fourth-order valence-corrected chi connectivity index (χ4v) is 1.14. The maximum absolute atomic E-state index is 10.7. The van der Waals surface area contributed by atoms with Gasteiger partial charge in [0.25, 0.3) is 0 Å². The lowest BCUT2D eigenvalue weighted by Crippen LogP contribution is -2.14. The molecule has 0 aromatic carbocycles. The monoisotopic (exact) mass is 208 g/mol. The Morgan fingerprint density at radius 3 is 2.70 bits per heavy atom. The van der Waals surface area contributed by atoms with E-state index in [2.05, 4.69) is 27.6 Å². The molecule has 1 atom stereocenters. The number of methoxy groups -OCH3 is 1. The molecular formula is C7H13BrO2. The average Bonchev–Trinajstić information content (AvgIpc) is 1.98. The predicted molar refractivity (Wildman–Crippen MR) is 44.3 cm³/mol. The number of carbonyl (C=O) groups is 1. The molecule has 0 aliphatic carbocycles. The number of hydrogen-bond acceptors (Lipinski definition) is 2. The first-order valence-electron chi connectivity index (χ1n) is 3.44. The maximum Gasteiger partial charge on any atom is 0.319 e. The van der Waals surface area contributed by atoms with Crippen molar-refractivity contribution in [2.45, 2.75) is 31.0 Å². The topological polar surface area (TPSA) is 26.3 Å². The number of unbranched alkanes of at least 4 members (excludes halogenated alkanes) is 1. The summed E-state index contributed by atoms with van der Waals surface area (Å²) in [5, 5.41) is 0. The van der Waals surface area contributed by atoms with Gasteiger partial charge in [-0.05, 0) is 6.42 Å². The van der Waals surface area contributed by atoms with Crippen LogP contribution in [0.2, 0.25) is 0 Å². The summed E-state index contributed by atoms with van der Waals surface area (Å²) < 4.78 is 4.52. The number of alkyl halides is 1. The van der Waals surface area contributed by atoms with Gasteiger partial charge in [-0.2, -0.15) is 0 Å². The van der Waals surface area contributed by atoms with Gasteiger partial charge in [0.2, 0.25) is 0 Å². The van der Waals surface area contributed by atoms with Crippen molar-refractivity contribution >= 4 is 21.9 Å². The number of hydrogen-bond donors (Lipinski definition) is 0. The number of esters is 1. The molecule has 0 aliphatic heterocycles. The van der Waals surface area contributed by atoms with Crippen LogP contribution in [0.1, 0.15) is 26.2 Å². The van der Waals surface area contributed by atoms with E-state index in [9.17, 15) is 4.79 Å². The molecule has 60 valence electrons. The molecule has 0 bridgehead atoms. The van der Waals surface area contributed by atoms with Crippen LogP contribution in [0.5, 0.6) is 0 Å². The van der Waals surface area contributed by atoms with Gasteiger partial charge in [-0.15, -0.1) is 0 Å². The van der Waals surface area contributed by atoms with Gasteiger partial charge in [-0.25, -0.2) is 0 Å². The lowest BCUT2D eigenvalue weighted by atomic mass is 10.2. The van der Waals surface area contributed by atoms with E-state index in [0.29, 0.717) is 0 Å². The van der Waals surface area contributed by atoms with Crippen LogP contribution in [0, 0.1) is 0 Å². The van der Waals surface area contributed by atoms with Gasteiger partial charge >= 0.3 is 5.97 Å². The SMILES string of the molecule is CCCC[C@@H](Br)C(=O)OC. The van der Waals surface area contributed by atoms with Crippen molar-refractivity contribution in [1.29, 1.82) is 0 Å². The Balaban J connectivity index is 3.41. The van der Waals surface area contributed by atoms with Crippen LogP contribution in [0.15, 0.2) is 0 Å². The zero-order valence-corrected chi connectivity index (χ0v) is 7.98. The summed E-state index contributed by atoms with van der Waals surface area (Å²) >= 11 is 3.23. The molecular weight excluding hydrogens is 196 g/mol. The molecule has 0 amide bonds. The summed E-state index contributed by atoms with van der Waals surface area (Å²) in [6.07, 6.45) is 3.04. The third-order valence-corrected chi connectivity index (χ3v) is 2.10. The molecule has 0 heterocycles. The van der Waals surface area contributed by atoms with Crippen molar-refractivity contribution in [3.05, 3.63) is 0 Å². The number of halogens is 1. The van der Waals surface area contributed by atoms with Crippen molar-refractivity contribution in [2.24, 2.45) is 0 Å². The molecule has 0 spiro atoms. The highest BCUT2D eigenvalue weighted by atomic mass is 79.9. The summed E-state index contributed by atoms with van der Waals surface area (Å²) in [6, 6.07) is 0. The van der Waals surface area contributed by atoms with Crippen LogP contribution in [0.3, 0.4) is 0 Å². The van der Waals surface area contributed by atoms with Gasteiger partial charge in [-0.1, -0.05) is 35.7 Å². The Labute approximate surface area is 70.1 Å². The Morgan fingerprint density at radius 1 is 1.70 bits per heavy atom. The number of rotatable bonds is 4. The second-order valence-electron chi connectivity index (χ2n) is 2.13. The van der Waals surface area contributed by atoms with Gasteiger partial charge in [0, 0.05) is 0 Å². The van der Waals surface area contributed by atoms with E-state index in [0.717, 1.165) is 19.3 Å². The zero-order chi connectivity index (χ0) is 7.98. The third kappa shape index (κ3) is 3.88. The first-order chi connectivity index (χ1) is 4.72. The number of ether oxygens (including phenoxy) is 1. The van der Waals surface area contributed by atoms with E-state index in [1.54, 1.807) is 0 Å². The molecule has 0 unspecified atom stereocenters. The van der Waals surface area contributed by atoms with Crippen LogP contribution in [0.25, 0.3) is 0 Å². The van der Waals surface area contributed by atoms with Crippen LogP contribution < -0.4 is 0 Å². The lowest BCUT2D eigenvalue weighted by molar-refractivity contribution is -0.139. The van der Waals surface area contributed by atoms with Crippen LogP contribution in [-0.2, 0) is 9.53 Å². The summed E-state index contributed by atoms with van der Waals surface area (Å²) in [6.45, 7) is 2.09. The first-order valence-corrected chi connectivity index (χ1v) is 4.35. The molecule has 2 nitrogen and oxygen atoms in total. The highest BCUT2D eigenvalue weighted by molar-refractivity contribution is 9.10. The van der Waals surface area contributed by atoms with Gasteiger partial charge in [0.1, 0.15) is 4.83 Å². The van der Waals surface area contributed by atoms with Crippen molar-refractivity contribution in [3.63, 3.8) is 0 Å². The Kier molecular flexibility index (Phi) is 5.69. The normalized spacial score (nSPS) is 12.7. The van der Waals surface area contributed by atoms with Gasteiger partial charge < -0.3 is 4.74 Å². The van der Waals surface area contributed by atoms with Crippen LogP contribution >= 0.6 is 15.9 Å². The lowest BCUT2D eigenvalue weighted by Gasteiger charge is -2.04. The molecule has 0 fully saturated rings. The summed E-state index contributed by atoms with van der Waals surface area (Å²) in [7, 11) is 1.41. The quantitative estimate of drug-likeness (QED) is 0.523. The van der Waals surface area contributed by atoms with Crippen molar-refractivity contribution < 1.29 is 9.53 Å². The minimum absolute atomic E-state index is 0.113. The highest BCUT2D eigenvalue weighted by Crippen LogP contribution is 2.10. The second-order valence-corrected chi connectivity index (χ2v) is 3.24. The molecule has 0 N–H and O–H groups in total. The largest absolute Gasteiger partial charge is 0.468 e. The first kappa shape index (κ1) is 9.95. The number of carbonyl (C=O) groups excluding carboxylic acids is 1. The van der Waals surface area contributed by atoms with Crippen LogP contribution in [-0.4, -0.2) is 17.9 Å². The molecule has 0 aromatic rings. The van der Waals surface area contributed by atoms with Gasteiger partial charge in [0.05, 0.1) is 7.11 Å². The average molecular weight is 209 g/mol. The van der Waals surface area contributed by atoms with Crippen molar-refractivity contribution in [1.82, 2.24) is 0 Å². The molecule has 0 saturated heterocycles. The molecule has 0 radical (unpaired) electrons. The molecule has 0 aromatic heterocycles. The molecule has 0 saturated carbocycles. The van der Waals surface area contributed by atoms with Crippen molar-refractivity contribution in [3.8, 4) is 0 Å². The summed E-state index contributed by atoms with van der Waals surface area (Å²) in [5.41, 5.74) is 0. The van der Waals surface area contributed by atoms with Gasteiger partial charge in [-0.3, -0.25) is 4.79 Å². The van der Waals surface area contributed by atoms with Crippen LogP contribution in [0.4, 0.5) is 0 Å². The van der Waals surface area contributed by atoms with E-state index < -0.39 is 0 Å². The Morgan fingerprint density at radius 2 is 2.30 bits per heavy atom. The summed E-state index contributed by atoms with van der Waals surface area (Å²) in [5.74, 6) is -0.173. The maximum atomic E-state index is 10.7. The van der Waals surface area contributed by atoms with Gasteiger partial charge in [0.15, 0.2) is 0 Å². The summed E-state index contributed by atoms with van der Waals surface area (Å²) in [4.78, 5) is 10.6. The predicted octanol–water partition coefficient (Wildman–Crippen LogP) is 2.11. The molecule has 3 heteroatoms. The molecule has 10 heavy (non-hydrogen) atoms. The second kappa shape index (κ2) is 5.71. The fraction of sp³-hybridized carbons (Fsp3) is 0.857. The minimum atomic E-state index is -0.173. The van der Waals surface area contributed by atoms with E-state index in [-0.39, 0.29) is 10.8 Å². The van der Waals surface area contributed by atoms with E-state index in [4.69, 9.17) is 0 Å². The Hall–Kier alpha value is -0.0500. The van der Waals surface area contributed by atoms with E-state index >= 15 is 0 Å².